The zero-order valence-electron chi connectivity index (χ0n) is 6.77. The molecular weight excluding hydrogens is 120 g/mol. The van der Waals surface area contributed by atoms with Crippen LogP contribution in [0.25, 0.3) is 0 Å². The van der Waals surface area contributed by atoms with E-state index in [4.69, 9.17) is 0 Å². The van der Waals surface area contributed by atoms with Crippen LogP contribution in [0.3, 0.4) is 0 Å². The van der Waals surface area contributed by atoms with Gasteiger partial charge < -0.3 is 0 Å². The van der Waals surface area contributed by atoms with Crippen LogP contribution in [-0.4, -0.2) is 0 Å². The Balaban J connectivity index is 1.79. The van der Waals surface area contributed by atoms with E-state index in [0.717, 1.165) is 11.8 Å². The van der Waals surface area contributed by atoms with Gasteiger partial charge in [0, 0.05) is 0 Å². The van der Waals surface area contributed by atoms with E-state index in [1.165, 1.54) is 32.1 Å². The minimum absolute atomic E-state index is 1.03. The number of hydrogen-bond acceptors (Lipinski definition) is 0. The lowest BCUT2D eigenvalue weighted by atomic mass is 9.70. The van der Waals surface area contributed by atoms with Gasteiger partial charge in [0.25, 0.3) is 0 Å². The minimum atomic E-state index is 1.03. The summed E-state index contributed by atoms with van der Waals surface area (Å²) < 4.78 is 0. The summed E-state index contributed by atoms with van der Waals surface area (Å²) in [5.41, 5.74) is 1.75. The third-order valence-electron chi connectivity index (χ3n) is 3.22. The van der Waals surface area contributed by atoms with Crippen molar-refractivity contribution in [2.45, 2.75) is 39.0 Å². The van der Waals surface area contributed by atoms with Crippen LogP contribution in [0.15, 0.2) is 11.6 Å². The van der Waals surface area contributed by atoms with E-state index in [9.17, 15) is 0 Å². The first-order valence-corrected chi connectivity index (χ1v) is 4.54. The Bertz CT molecular complexity index is 155. The first kappa shape index (κ1) is 6.45. The zero-order valence-corrected chi connectivity index (χ0v) is 6.77. The summed E-state index contributed by atoms with van der Waals surface area (Å²) in [7, 11) is 0. The summed E-state index contributed by atoms with van der Waals surface area (Å²) in [4.78, 5) is 0. The predicted octanol–water partition coefficient (Wildman–Crippen LogP) is 3.14. The van der Waals surface area contributed by atoms with E-state index in [0.29, 0.717) is 0 Å². The van der Waals surface area contributed by atoms with Gasteiger partial charge in [-0.3, -0.25) is 0 Å². The molecule has 1 saturated carbocycles. The maximum atomic E-state index is 2.42. The molecule has 0 amide bonds. The van der Waals surface area contributed by atoms with Crippen LogP contribution in [0.4, 0.5) is 0 Å². The van der Waals surface area contributed by atoms with Crippen LogP contribution in [0.1, 0.15) is 39.0 Å². The van der Waals surface area contributed by atoms with Gasteiger partial charge in [0.05, 0.1) is 0 Å². The smallest absolute Gasteiger partial charge is 0.0285 e. The van der Waals surface area contributed by atoms with Gasteiger partial charge in [0.2, 0.25) is 0 Å². The van der Waals surface area contributed by atoms with E-state index in [1.807, 2.05) is 0 Å². The van der Waals surface area contributed by atoms with Gasteiger partial charge in [0.15, 0.2) is 0 Å². The summed E-state index contributed by atoms with van der Waals surface area (Å²) in [6.45, 7) is 2.40. The molecule has 2 atom stereocenters. The van der Waals surface area contributed by atoms with Gasteiger partial charge in [0.1, 0.15) is 0 Å². The molecule has 10 heavy (non-hydrogen) atoms. The van der Waals surface area contributed by atoms with Crippen LogP contribution < -0.4 is 0 Å². The highest BCUT2D eigenvalue weighted by Gasteiger charge is 2.27. The molecule has 0 heterocycles. The van der Waals surface area contributed by atoms with Crippen molar-refractivity contribution in [3.63, 3.8) is 0 Å². The summed E-state index contributed by atoms with van der Waals surface area (Å²) in [5, 5.41) is 0. The monoisotopic (exact) mass is 136 g/mol. The summed E-state index contributed by atoms with van der Waals surface area (Å²) in [5.74, 6) is 2.09. The Morgan fingerprint density at radius 2 is 2.30 bits per heavy atom. The fraction of sp³-hybridized carbons (Fsp3) is 0.800. The molecule has 2 aliphatic carbocycles. The fourth-order valence-electron chi connectivity index (χ4n) is 1.91. The topological polar surface area (TPSA) is 0 Å². The standard InChI is InChI=1S/C10H16/c1-8-5-6-10(8)7-9-3-2-4-9/h3,8,10H,2,4-7H2,1H3. The molecule has 0 heteroatoms. The van der Waals surface area contributed by atoms with Gasteiger partial charge in [-0.15, -0.1) is 0 Å². The molecular formula is C10H16. The Hall–Kier alpha value is -0.260. The molecule has 1 fully saturated rings. The summed E-state index contributed by atoms with van der Waals surface area (Å²) in [6, 6.07) is 0. The van der Waals surface area contributed by atoms with Crippen LogP contribution in [0, 0.1) is 11.8 Å². The highest BCUT2D eigenvalue weighted by molar-refractivity contribution is 5.13. The molecule has 2 unspecified atom stereocenters. The minimum Gasteiger partial charge on any atom is -0.0850 e. The van der Waals surface area contributed by atoms with Crippen LogP contribution in [0.2, 0.25) is 0 Å². The third kappa shape index (κ3) is 1.00. The second-order valence-electron chi connectivity index (χ2n) is 3.92. The van der Waals surface area contributed by atoms with Crippen molar-refractivity contribution in [2.24, 2.45) is 11.8 Å². The average Bonchev–Trinajstić information content (AvgIpc) is 1.82. The molecule has 2 aliphatic rings. The molecule has 0 spiro atoms. The van der Waals surface area contributed by atoms with Crippen molar-refractivity contribution in [3.8, 4) is 0 Å². The molecule has 0 nitrogen and oxygen atoms in total. The summed E-state index contributed by atoms with van der Waals surface area (Å²) >= 11 is 0. The summed E-state index contributed by atoms with van der Waals surface area (Å²) in [6.07, 6.45) is 9.60. The molecule has 56 valence electrons. The Morgan fingerprint density at radius 1 is 1.50 bits per heavy atom. The third-order valence-corrected chi connectivity index (χ3v) is 3.22. The highest BCUT2D eigenvalue weighted by Crippen LogP contribution is 2.40. The Kier molecular flexibility index (Phi) is 1.55. The second-order valence-corrected chi connectivity index (χ2v) is 3.92. The van der Waals surface area contributed by atoms with Gasteiger partial charge in [-0.05, 0) is 37.5 Å². The second kappa shape index (κ2) is 2.41. The van der Waals surface area contributed by atoms with Crippen molar-refractivity contribution in [3.05, 3.63) is 11.6 Å². The van der Waals surface area contributed by atoms with Gasteiger partial charge in [-0.25, -0.2) is 0 Å². The lowest BCUT2D eigenvalue weighted by Gasteiger charge is -2.35. The van der Waals surface area contributed by atoms with Crippen molar-refractivity contribution >= 4 is 0 Å². The fourth-order valence-corrected chi connectivity index (χ4v) is 1.91. The van der Waals surface area contributed by atoms with E-state index in [1.54, 1.807) is 5.57 Å². The molecule has 0 aliphatic heterocycles. The normalized spacial score (nSPS) is 37.9. The van der Waals surface area contributed by atoms with E-state index in [2.05, 4.69) is 13.0 Å². The van der Waals surface area contributed by atoms with E-state index in [-0.39, 0.29) is 0 Å². The van der Waals surface area contributed by atoms with Crippen LogP contribution in [-0.2, 0) is 0 Å². The number of allylic oxidation sites excluding steroid dienone is 2. The highest BCUT2D eigenvalue weighted by atomic mass is 14.3. The molecule has 0 aromatic carbocycles. The first-order chi connectivity index (χ1) is 4.86. The molecule has 2 rings (SSSR count). The lowest BCUT2D eigenvalue weighted by molar-refractivity contribution is 0.193. The number of hydrogen-bond donors (Lipinski definition) is 0. The molecule has 0 bridgehead atoms. The molecule has 0 N–H and O–H groups in total. The van der Waals surface area contributed by atoms with Crippen LogP contribution in [0.5, 0.6) is 0 Å². The van der Waals surface area contributed by atoms with Crippen molar-refractivity contribution < 1.29 is 0 Å². The maximum absolute atomic E-state index is 2.42. The van der Waals surface area contributed by atoms with Gasteiger partial charge in [-0.2, -0.15) is 0 Å². The van der Waals surface area contributed by atoms with Crippen LogP contribution >= 0.6 is 0 Å². The molecule has 0 aromatic rings. The maximum Gasteiger partial charge on any atom is -0.0285 e. The van der Waals surface area contributed by atoms with Crippen molar-refractivity contribution in [1.29, 1.82) is 0 Å². The largest absolute Gasteiger partial charge is 0.0850 e. The Labute approximate surface area is 63.3 Å². The van der Waals surface area contributed by atoms with E-state index < -0.39 is 0 Å². The molecule has 0 radical (unpaired) electrons. The van der Waals surface area contributed by atoms with Crippen molar-refractivity contribution in [2.75, 3.05) is 0 Å². The molecule has 0 aromatic heterocycles. The number of rotatable bonds is 2. The lowest BCUT2D eigenvalue weighted by Crippen LogP contribution is -2.23. The molecule has 0 saturated heterocycles. The van der Waals surface area contributed by atoms with Crippen molar-refractivity contribution in [1.82, 2.24) is 0 Å². The van der Waals surface area contributed by atoms with Gasteiger partial charge >= 0.3 is 0 Å². The SMILES string of the molecule is CC1CCC1CC1=CCC1. The first-order valence-electron chi connectivity index (χ1n) is 4.54. The van der Waals surface area contributed by atoms with Gasteiger partial charge in [-0.1, -0.05) is 25.0 Å². The average molecular weight is 136 g/mol. The Morgan fingerprint density at radius 3 is 2.60 bits per heavy atom. The quantitative estimate of drug-likeness (QED) is 0.511. The predicted molar refractivity (Wildman–Crippen MR) is 43.8 cm³/mol. The zero-order chi connectivity index (χ0) is 6.97. The van der Waals surface area contributed by atoms with E-state index >= 15 is 0 Å².